The second-order valence-corrected chi connectivity index (χ2v) is 6.26. The van der Waals surface area contributed by atoms with Crippen LogP contribution in [-0.4, -0.2) is 17.1 Å². The topological polar surface area (TPSA) is 55.1 Å². The van der Waals surface area contributed by atoms with Crippen LogP contribution in [0.1, 0.15) is 36.2 Å². The van der Waals surface area contributed by atoms with E-state index in [4.69, 9.17) is 4.52 Å². The number of hydrogen-bond donors (Lipinski definition) is 1. The summed E-state index contributed by atoms with van der Waals surface area (Å²) in [6.07, 6.45) is 4.80. The summed E-state index contributed by atoms with van der Waals surface area (Å²) in [6.45, 7) is 0. The molecule has 2 fully saturated rings. The number of carbonyl (C=O) groups is 1. The Morgan fingerprint density at radius 3 is 2.59 bits per heavy atom. The Labute approximate surface area is 127 Å². The van der Waals surface area contributed by atoms with E-state index in [1.165, 1.54) is 37.8 Å². The predicted octanol–water partition coefficient (Wildman–Crippen LogP) is 3.40. The fourth-order valence-electron chi connectivity index (χ4n) is 2.92. The van der Waals surface area contributed by atoms with Crippen molar-refractivity contribution in [2.45, 2.75) is 31.7 Å². The molecule has 1 N–H and O–H groups in total. The van der Waals surface area contributed by atoms with Crippen LogP contribution in [0.5, 0.6) is 0 Å². The first-order valence-electron chi connectivity index (χ1n) is 7.74. The fourth-order valence-corrected chi connectivity index (χ4v) is 2.92. The number of aromatic nitrogens is 1. The Bertz CT molecular complexity index is 692. The SMILES string of the molecule is O=C(NC(C1CC1)C1CC1)c1cc(-c2cccc(F)c2)no1. The average Bonchev–Trinajstić information content (AvgIpc) is 3.43. The van der Waals surface area contributed by atoms with Crippen LogP contribution in [0.4, 0.5) is 4.39 Å². The van der Waals surface area contributed by atoms with Crippen LogP contribution in [0.25, 0.3) is 11.3 Å². The number of hydrogen-bond acceptors (Lipinski definition) is 3. The number of benzene rings is 1. The van der Waals surface area contributed by atoms with Gasteiger partial charge in [0, 0.05) is 17.7 Å². The maximum Gasteiger partial charge on any atom is 0.290 e. The van der Waals surface area contributed by atoms with E-state index < -0.39 is 0 Å². The third kappa shape index (κ3) is 2.75. The molecule has 114 valence electrons. The molecule has 1 heterocycles. The van der Waals surface area contributed by atoms with Crippen molar-refractivity contribution in [3.63, 3.8) is 0 Å². The van der Waals surface area contributed by atoms with E-state index >= 15 is 0 Å². The van der Waals surface area contributed by atoms with Crippen LogP contribution in [0.15, 0.2) is 34.9 Å². The van der Waals surface area contributed by atoms with Crippen molar-refractivity contribution >= 4 is 5.91 Å². The van der Waals surface area contributed by atoms with Gasteiger partial charge in [0.1, 0.15) is 11.5 Å². The normalized spacial score (nSPS) is 17.7. The summed E-state index contributed by atoms with van der Waals surface area (Å²) in [4.78, 5) is 12.3. The summed E-state index contributed by atoms with van der Waals surface area (Å²) < 4.78 is 18.4. The quantitative estimate of drug-likeness (QED) is 0.920. The molecule has 2 saturated carbocycles. The first-order chi connectivity index (χ1) is 10.7. The fraction of sp³-hybridized carbons (Fsp3) is 0.412. The summed E-state index contributed by atoms with van der Waals surface area (Å²) >= 11 is 0. The lowest BCUT2D eigenvalue weighted by Crippen LogP contribution is -2.37. The third-order valence-electron chi connectivity index (χ3n) is 4.41. The highest BCUT2D eigenvalue weighted by molar-refractivity contribution is 5.92. The Morgan fingerprint density at radius 1 is 1.23 bits per heavy atom. The van der Waals surface area contributed by atoms with Gasteiger partial charge < -0.3 is 9.84 Å². The molecule has 22 heavy (non-hydrogen) atoms. The second-order valence-electron chi connectivity index (χ2n) is 6.26. The van der Waals surface area contributed by atoms with Crippen LogP contribution < -0.4 is 5.32 Å². The van der Waals surface area contributed by atoms with Crippen molar-refractivity contribution in [1.82, 2.24) is 10.5 Å². The molecule has 2 aliphatic carbocycles. The van der Waals surface area contributed by atoms with Gasteiger partial charge in [0.25, 0.3) is 5.91 Å². The Morgan fingerprint density at radius 2 is 1.95 bits per heavy atom. The molecule has 4 nitrogen and oxygen atoms in total. The summed E-state index contributed by atoms with van der Waals surface area (Å²) in [6, 6.07) is 7.93. The number of nitrogens with one attached hydrogen (secondary N) is 1. The van der Waals surface area contributed by atoms with Gasteiger partial charge in [-0.25, -0.2) is 4.39 Å². The molecule has 0 bridgehead atoms. The van der Waals surface area contributed by atoms with Crippen molar-refractivity contribution < 1.29 is 13.7 Å². The Hall–Kier alpha value is -2.17. The molecule has 1 amide bonds. The first kappa shape index (κ1) is 13.5. The zero-order chi connectivity index (χ0) is 15.1. The standard InChI is InChI=1S/C17H17FN2O2/c18-13-3-1-2-12(8-13)14-9-15(22-20-14)17(21)19-16(10-4-5-10)11-6-7-11/h1-3,8-11,16H,4-7H2,(H,19,21). The van der Waals surface area contributed by atoms with Crippen LogP contribution in [-0.2, 0) is 0 Å². The summed E-state index contributed by atoms with van der Waals surface area (Å²) in [7, 11) is 0. The van der Waals surface area contributed by atoms with Crippen molar-refractivity contribution in [3.05, 3.63) is 41.9 Å². The minimum Gasteiger partial charge on any atom is -0.350 e. The largest absolute Gasteiger partial charge is 0.350 e. The maximum absolute atomic E-state index is 13.2. The molecule has 0 unspecified atom stereocenters. The van der Waals surface area contributed by atoms with Gasteiger partial charge in [0.05, 0.1) is 0 Å². The van der Waals surface area contributed by atoms with Crippen LogP contribution in [0, 0.1) is 17.7 Å². The van der Waals surface area contributed by atoms with E-state index in [1.54, 1.807) is 18.2 Å². The van der Waals surface area contributed by atoms with Gasteiger partial charge in [-0.15, -0.1) is 0 Å². The molecule has 5 heteroatoms. The highest BCUT2D eigenvalue weighted by Crippen LogP contribution is 2.44. The lowest BCUT2D eigenvalue weighted by molar-refractivity contribution is 0.0889. The van der Waals surface area contributed by atoms with E-state index in [9.17, 15) is 9.18 Å². The molecular weight excluding hydrogens is 283 g/mol. The van der Waals surface area contributed by atoms with E-state index in [2.05, 4.69) is 10.5 Å². The van der Waals surface area contributed by atoms with Gasteiger partial charge in [-0.1, -0.05) is 17.3 Å². The summed E-state index contributed by atoms with van der Waals surface area (Å²) in [5.41, 5.74) is 1.07. The molecule has 0 radical (unpaired) electrons. The number of nitrogens with zero attached hydrogens (tertiary/aromatic N) is 1. The van der Waals surface area contributed by atoms with Crippen molar-refractivity contribution in [3.8, 4) is 11.3 Å². The molecule has 1 aromatic carbocycles. The second kappa shape index (κ2) is 5.23. The van der Waals surface area contributed by atoms with Gasteiger partial charge in [0.15, 0.2) is 0 Å². The van der Waals surface area contributed by atoms with Crippen LogP contribution in [0.2, 0.25) is 0 Å². The number of rotatable bonds is 5. The van der Waals surface area contributed by atoms with Crippen LogP contribution in [0.3, 0.4) is 0 Å². The number of carbonyl (C=O) groups excluding carboxylic acids is 1. The molecule has 2 aliphatic rings. The monoisotopic (exact) mass is 300 g/mol. The molecule has 4 rings (SSSR count). The van der Waals surface area contributed by atoms with Gasteiger partial charge in [-0.3, -0.25) is 4.79 Å². The lowest BCUT2D eigenvalue weighted by Gasteiger charge is -2.16. The summed E-state index contributed by atoms with van der Waals surface area (Å²) in [5, 5.41) is 6.96. The van der Waals surface area contributed by atoms with Gasteiger partial charge in [0.2, 0.25) is 5.76 Å². The Balaban J connectivity index is 1.49. The summed E-state index contributed by atoms with van der Waals surface area (Å²) in [5.74, 6) is 0.877. The number of amides is 1. The molecule has 1 aromatic heterocycles. The molecule has 0 spiro atoms. The van der Waals surface area contributed by atoms with E-state index in [0.29, 0.717) is 23.1 Å². The predicted molar refractivity (Wildman–Crippen MR) is 78.6 cm³/mol. The van der Waals surface area contributed by atoms with E-state index in [0.717, 1.165) is 0 Å². The maximum atomic E-state index is 13.2. The van der Waals surface area contributed by atoms with E-state index in [-0.39, 0.29) is 23.5 Å². The smallest absolute Gasteiger partial charge is 0.290 e. The van der Waals surface area contributed by atoms with Gasteiger partial charge >= 0.3 is 0 Å². The minimum atomic E-state index is -0.339. The van der Waals surface area contributed by atoms with Gasteiger partial charge in [-0.05, 0) is 49.7 Å². The molecular formula is C17H17FN2O2. The lowest BCUT2D eigenvalue weighted by atomic mass is 10.1. The van der Waals surface area contributed by atoms with Crippen LogP contribution >= 0.6 is 0 Å². The molecule has 0 atom stereocenters. The van der Waals surface area contributed by atoms with Gasteiger partial charge in [-0.2, -0.15) is 0 Å². The molecule has 2 aromatic rings. The highest BCUT2D eigenvalue weighted by atomic mass is 19.1. The highest BCUT2D eigenvalue weighted by Gasteiger charge is 2.42. The first-order valence-corrected chi connectivity index (χ1v) is 7.74. The van der Waals surface area contributed by atoms with Crippen molar-refractivity contribution in [2.24, 2.45) is 11.8 Å². The number of halogens is 1. The zero-order valence-electron chi connectivity index (χ0n) is 12.1. The molecule has 0 saturated heterocycles. The minimum absolute atomic E-state index is 0.186. The Kier molecular flexibility index (Phi) is 3.21. The average molecular weight is 300 g/mol. The van der Waals surface area contributed by atoms with E-state index in [1.807, 2.05) is 0 Å². The van der Waals surface area contributed by atoms with Crippen molar-refractivity contribution in [2.75, 3.05) is 0 Å². The molecule has 0 aliphatic heterocycles. The zero-order valence-corrected chi connectivity index (χ0v) is 12.1. The third-order valence-corrected chi connectivity index (χ3v) is 4.41. The van der Waals surface area contributed by atoms with Crippen molar-refractivity contribution in [1.29, 1.82) is 0 Å².